The van der Waals surface area contributed by atoms with Crippen molar-refractivity contribution in [3.05, 3.63) is 169 Å². The first kappa shape index (κ1) is 32.5. The van der Waals surface area contributed by atoms with Crippen LogP contribution >= 0.6 is 0 Å². The van der Waals surface area contributed by atoms with Crippen molar-refractivity contribution >= 4 is 53.9 Å². The summed E-state index contributed by atoms with van der Waals surface area (Å²) in [5.41, 5.74) is 10.3. The molecule has 0 bridgehead atoms. The van der Waals surface area contributed by atoms with Gasteiger partial charge in [-0.1, -0.05) is 185 Å². The molecule has 0 unspecified atom stereocenters. The largest absolute Gasteiger partial charge is 0.0654 e. The van der Waals surface area contributed by atoms with Gasteiger partial charge in [0, 0.05) is 0 Å². The van der Waals surface area contributed by atoms with E-state index in [9.17, 15) is 0 Å². The van der Waals surface area contributed by atoms with E-state index in [-0.39, 0.29) is 0 Å². The Kier molecular flexibility index (Phi) is 8.85. The lowest BCUT2D eigenvalue weighted by atomic mass is 9.83. The quantitative estimate of drug-likeness (QED) is 0.128. The monoisotopic (exact) mass is 656 g/mol. The molecule has 248 valence electrons. The van der Waals surface area contributed by atoms with E-state index < -0.39 is 0 Å². The highest BCUT2D eigenvalue weighted by atomic mass is 14.2. The van der Waals surface area contributed by atoms with Crippen molar-refractivity contribution in [3.8, 4) is 33.4 Å². The highest BCUT2D eigenvalue weighted by molar-refractivity contribution is 6.22. The number of hydrogen-bond donors (Lipinski definition) is 0. The lowest BCUT2D eigenvalue weighted by molar-refractivity contribution is 0.772. The fraction of sp³-hybridized carbons (Fsp3) is 0.137. The number of unbranched alkanes of at least 4 members (excludes halogenated alkanes) is 2. The minimum absolute atomic E-state index is 1.25. The zero-order chi connectivity index (χ0) is 34.9. The van der Waals surface area contributed by atoms with Crippen molar-refractivity contribution in [2.75, 3.05) is 0 Å². The number of aryl methyl sites for hydroxylation is 2. The second-order valence-electron chi connectivity index (χ2n) is 13.9. The molecule has 0 amide bonds. The summed E-state index contributed by atoms with van der Waals surface area (Å²) in [6, 6.07) is 58.2. The molecule has 9 aromatic carbocycles. The van der Waals surface area contributed by atoms with Crippen molar-refractivity contribution in [2.45, 2.75) is 47.0 Å². The van der Waals surface area contributed by atoms with Crippen molar-refractivity contribution < 1.29 is 0 Å². The third-order valence-electron chi connectivity index (χ3n) is 10.7. The smallest absolute Gasteiger partial charge is 0.00262 e. The molecule has 0 aliphatic rings. The highest BCUT2D eigenvalue weighted by Crippen LogP contribution is 2.46. The van der Waals surface area contributed by atoms with Gasteiger partial charge in [-0.25, -0.2) is 0 Å². The van der Waals surface area contributed by atoms with Gasteiger partial charge in [0.25, 0.3) is 0 Å². The maximum atomic E-state index is 2.41. The third kappa shape index (κ3) is 5.75. The van der Waals surface area contributed by atoms with Crippen molar-refractivity contribution in [3.63, 3.8) is 0 Å². The standard InChI is InChI=1S/C46H32.C5H12/c1-29-27-33(25-26-35(29)44-30(2)36-15-5-6-16-37(36)38-17-7-8-18-39(38)44)45-40-19-9-11-21-42(40)46(43-22-12-10-20-41(43)45)34-24-23-31-13-3-4-14-32(31)28-34;1-3-5-4-2/h3-28H,1-2H3;3-5H2,1-2H3. The van der Waals surface area contributed by atoms with E-state index in [1.807, 2.05) is 0 Å². The van der Waals surface area contributed by atoms with E-state index >= 15 is 0 Å². The maximum Gasteiger partial charge on any atom is -0.00262 e. The predicted molar refractivity (Wildman–Crippen MR) is 225 cm³/mol. The summed E-state index contributed by atoms with van der Waals surface area (Å²) in [7, 11) is 0. The Morgan fingerprint density at radius 1 is 0.353 bits per heavy atom. The van der Waals surface area contributed by atoms with E-state index in [0.717, 1.165) is 0 Å². The number of rotatable bonds is 5. The Bertz CT molecular complexity index is 2650. The first-order valence-electron chi connectivity index (χ1n) is 18.5. The van der Waals surface area contributed by atoms with Crippen LogP contribution in [0.2, 0.25) is 0 Å². The molecule has 0 nitrogen and oxygen atoms in total. The normalized spacial score (nSPS) is 11.4. The minimum Gasteiger partial charge on any atom is -0.0654 e. The van der Waals surface area contributed by atoms with Crippen molar-refractivity contribution in [1.82, 2.24) is 0 Å². The molecule has 0 aliphatic carbocycles. The van der Waals surface area contributed by atoms with Crippen LogP contribution in [-0.4, -0.2) is 0 Å². The van der Waals surface area contributed by atoms with Crippen LogP contribution in [0.5, 0.6) is 0 Å². The van der Waals surface area contributed by atoms with Gasteiger partial charge in [0.1, 0.15) is 0 Å². The number of benzene rings is 9. The molecule has 0 heteroatoms. The summed E-state index contributed by atoms with van der Waals surface area (Å²) >= 11 is 0. The molecule has 0 aromatic heterocycles. The van der Waals surface area contributed by atoms with Crippen LogP contribution in [-0.2, 0) is 0 Å². The van der Waals surface area contributed by atoms with Crippen LogP contribution < -0.4 is 0 Å². The van der Waals surface area contributed by atoms with Gasteiger partial charge in [-0.05, 0) is 118 Å². The first-order chi connectivity index (χ1) is 25.1. The van der Waals surface area contributed by atoms with Crippen LogP contribution in [0.15, 0.2) is 158 Å². The molecule has 0 aliphatic heterocycles. The molecule has 51 heavy (non-hydrogen) atoms. The van der Waals surface area contributed by atoms with E-state index in [4.69, 9.17) is 0 Å². The van der Waals surface area contributed by atoms with E-state index in [0.29, 0.717) is 0 Å². The van der Waals surface area contributed by atoms with Gasteiger partial charge >= 0.3 is 0 Å². The van der Waals surface area contributed by atoms with E-state index in [1.165, 1.54) is 118 Å². The van der Waals surface area contributed by atoms with Crippen molar-refractivity contribution in [1.29, 1.82) is 0 Å². The first-order valence-corrected chi connectivity index (χ1v) is 18.5. The second-order valence-corrected chi connectivity index (χ2v) is 13.9. The van der Waals surface area contributed by atoms with Crippen molar-refractivity contribution in [2.24, 2.45) is 0 Å². The molecule has 0 atom stereocenters. The molecule has 0 heterocycles. The Balaban J connectivity index is 0.000000702. The van der Waals surface area contributed by atoms with Gasteiger partial charge < -0.3 is 0 Å². The molecule has 0 fully saturated rings. The average Bonchev–Trinajstić information content (AvgIpc) is 3.18. The fourth-order valence-corrected chi connectivity index (χ4v) is 8.21. The molecule has 0 N–H and O–H groups in total. The van der Waals surface area contributed by atoms with E-state index in [2.05, 4.69) is 185 Å². The third-order valence-corrected chi connectivity index (χ3v) is 10.7. The Labute approximate surface area is 302 Å². The molecule has 9 rings (SSSR count). The zero-order valence-corrected chi connectivity index (χ0v) is 30.1. The summed E-state index contributed by atoms with van der Waals surface area (Å²) in [6.45, 7) is 8.98. The molecule has 0 radical (unpaired) electrons. The summed E-state index contributed by atoms with van der Waals surface area (Å²) < 4.78 is 0. The predicted octanol–water partition coefficient (Wildman–Crippen LogP) is 15.3. The molecule has 0 saturated carbocycles. The van der Waals surface area contributed by atoms with Gasteiger partial charge in [0.2, 0.25) is 0 Å². The Morgan fingerprint density at radius 3 is 1.27 bits per heavy atom. The minimum atomic E-state index is 1.25. The topological polar surface area (TPSA) is 0 Å². The number of hydrogen-bond acceptors (Lipinski definition) is 0. The molecule has 0 saturated heterocycles. The number of fused-ring (bicyclic) bond motifs is 6. The summed E-state index contributed by atoms with van der Waals surface area (Å²) in [6.07, 6.45) is 4.08. The molecular formula is C51H44. The van der Waals surface area contributed by atoms with E-state index in [1.54, 1.807) is 0 Å². The molecular weight excluding hydrogens is 613 g/mol. The van der Waals surface area contributed by atoms with Crippen LogP contribution in [0.4, 0.5) is 0 Å². The Morgan fingerprint density at radius 2 is 0.765 bits per heavy atom. The second kappa shape index (κ2) is 13.9. The maximum absolute atomic E-state index is 2.41. The van der Waals surface area contributed by atoms with Crippen LogP contribution in [0.25, 0.3) is 87.2 Å². The van der Waals surface area contributed by atoms with Gasteiger partial charge in [-0.15, -0.1) is 0 Å². The average molecular weight is 657 g/mol. The van der Waals surface area contributed by atoms with Crippen LogP contribution in [0, 0.1) is 13.8 Å². The zero-order valence-electron chi connectivity index (χ0n) is 30.1. The van der Waals surface area contributed by atoms with Gasteiger partial charge in [-0.2, -0.15) is 0 Å². The Hall–Kier alpha value is -5.72. The van der Waals surface area contributed by atoms with Crippen LogP contribution in [0.3, 0.4) is 0 Å². The summed E-state index contributed by atoms with van der Waals surface area (Å²) in [4.78, 5) is 0. The molecule has 0 spiro atoms. The highest BCUT2D eigenvalue weighted by Gasteiger charge is 2.19. The SMILES string of the molecule is CCCCC.Cc1cc(-c2c3ccccc3c(-c3ccc4ccccc4c3)c3ccccc23)ccc1-c1c(C)c2ccccc2c2ccccc12. The molecule has 9 aromatic rings. The van der Waals surface area contributed by atoms with Crippen LogP contribution in [0.1, 0.15) is 44.2 Å². The lowest BCUT2D eigenvalue weighted by Crippen LogP contribution is -1.94. The summed E-state index contributed by atoms with van der Waals surface area (Å²) in [5, 5.41) is 12.9. The van der Waals surface area contributed by atoms with Gasteiger partial charge in [0.15, 0.2) is 0 Å². The summed E-state index contributed by atoms with van der Waals surface area (Å²) in [5.74, 6) is 0. The lowest BCUT2D eigenvalue weighted by Gasteiger charge is -2.20. The fourth-order valence-electron chi connectivity index (χ4n) is 8.21. The van der Waals surface area contributed by atoms with Gasteiger partial charge in [-0.3, -0.25) is 0 Å². The van der Waals surface area contributed by atoms with Gasteiger partial charge in [0.05, 0.1) is 0 Å².